The lowest BCUT2D eigenvalue weighted by Gasteiger charge is -2.32. The van der Waals surface area contributed by atoms with Crippen LogP contribution in [0.5, 0.6) is 0 Å². The number of amidine groups is 1. The third-order valence-corrected chi connectivity index (χ3v) is 13.8. The number of hydrogen-bond acceptors (Lipinski definition) is 5. The number of rotatable bonds is 5. The van der Waals surface area contributed by atoms with Gasteiger partial charge in [0.15, 0.2) is 0 Å². The number of nitrogens with one attached hydrogen (secondary N) is 2. The maximum absolute atomic E-state index is 5.20. The van der Waals surface area contributed by atoms with E-state index in [2.05, 4.69) is 191 Å². The second-order valence-electron chi connectivity index (χ2n) is 14.8. The van der Waals surface area contributed by atoms with Crippen molar-refractivity contribution in [3.8, 4) is 16.8 Å². The minimum atomic E-state index is -0.194. The molecule has 0 spiro atoms. The van der Waals surface area contributed by atoms with Crippen molar-refractivity contribution in [2.45, 2.75) is 12.3 Å². The van der Waals surface area contributed by atoms with E-state index in [0.29, 0.717) is 0 Å². The molecule has 4 nitrogen and oxygen atoms in total. The van der Waals surface area contributed by atoms with Crippen molar-refractivity contribution in [2.24, 2.45) is 4.99 Å². The van der Waals surface area contributed by atoms with E-state index in [4.69, 9.17) is 4.99 Å². The molecule has 12 rings (SSSR count). The highest BCUT2D eigenvalue weighted by Crippen LogP contribution is 2.43. The standard InChI is InChI=1S/C51H34N4S2/c1-3-12-31(13-4-1)49-52-50(32-14-5-2-6-15-32)54-51(53-49)35-23-26-39-41-28-33(24-27-45(41)56-46(39)30-35)34-22-25-38-40-18-11-21-44(48(40)57-47(38)29-34)55-42-19-9-7-16-36(42)37-17-8-10-20-43(37)55/h1-30,49,51,53H,(H,52,54). The Kier molecular flexibility index (Phi) is 7.45. The Labute approximate surface area is 337 Å². The van der Waals surface area contributed by atoms with Gasteiger partial charge in [0, 0.05) is 52.0 Å². The number of benzene rings is 8. The molecule has 4 heterocycles. The Morgan fingerprint density at radius 3 is 1.89 bits per heavy atom. The normalized spacial score (nSPS) is 15.9. The van der Waals surface area contributed by atoms with Crippen LogP contribution in [0.15, 0.2) is 187 Å². The highest BCUT2D eigenvalue weighted by atomic mass is 32.1. The molecular weight excluding hydrogens is 733 g/mol. The third kappa shape index (κ3) is 5.33. The second-order valence-corrected chi connectivity index (χ2v) is 16.9. The summed E-state index contributed by atoms with van der Waals surface area (Å²) < 4.78 is 7.62. The van der Waals surface area contributed by atoms with Crippen molar-refractivity contribution in [3.63, 3.8) is 0 Å². The fourth-order valence-corrected chi connectivity index (χ4v) is 11.1. The summed E-state index contributed by atoms with van der Waals surface area (Å²) in [5.74, 6) is 0.896. The molecule has 3 aromatic heterocycles. The topological polar surface area (TPSA) is 41.4 Å². The summed E-state index contributed by atoms with van der Waals surface area (Å²) >= 11 is 3.75. The maximum Gasteiger partial charge on any atom is 0.131 e. The maximum atomic E-state index is 5.20. The summed E-state index contributed by atoms with van der Waals surface area (Å²) in [6, 6.07) is 66.1. The SMILES string of the molecule is c1ccc(C2=NC(c3ccc4c(c3)sc3ccc(-c5ccc6c(c5)sc5c(-n7c8ccccc8c8ccccc87)cccc56)cc34)NC(c3ccccc3)N2)cc1. The van der Waals surface area contributed by atoms with Gasteiger partial charge in [-0.3, -0.25) is 5.32 Å². The first kappa shape index (κ1) is 32.7. The van der Waals surface area contributed by atoms with Gasteiger partial charge < -0.3 is 9.88 Å². The Bertz CT molecular complexity index is 3320. The molecule has 0 aliphatic carbocycles. The van der Waals surface area contributed by atoms with E-state index in [1.165, 1.54) is 84.5 Å². The molecular formula is C51H34N4S2. The third-order valence-electron chi connectivity index (χ3n) is 11.5. The monoisotopic (exact) mass is 766 g/mol. The fraction of sp³-hybridized carbons (Fsp3) is 0.0392. The number of para-hydroxylation sites is 2. The summed E-state index contributed by atoms with van der Waals surface area (Å²) in [6.45, 7) is 0. The Morgan fingerprint density at radius 1 is 0.439 bits per heavy atom. The lowest BCUT2D eigenvalue weighted by atomic mass is 10.0. The molecule has 1 aliphatic heterocycles. The van der Waals surface area contributed by atoms with Gasteiger partial charge in [0.25, 0.3) is 0 Å². The van der Waals surface area contributed by atoms with Crippen LogP contribution in [0.1, 0.15) is 29.0 Å². The van der Waals surface area contributed by atoms with Gasteiger partial charge in [-0.1, -0.05) is 140 Å². The Morgan fingerprint density at radius 2 is 1.09 bits per heavy atom. The zero-order valence-corrected chi connectivity index (χ0v) is 32.3. The molecule has 0 saturated carbocycles. The molecule has 0 saturated heterocycles. The van der Waals surface area contributed by atoms with Crippen LogP contribution in [0.4, 0.5) is 0 Å². The average molecular weight is 767 g/mol. The Balaban J connectivity index is 0.923. The molecule has 11 aromatic rings. The van der Waals surface area contributed by atoms with Gasteiger partial charge in [0.1, 0.15) is 18.2 Å². The minimum absolute atomic E-state index is 0.0666. The van der Waals surface area contributed by atoms with E-state index in [0.717, 1.165) is 17.0 Å². The highest BCUT2D eigenvalue weighted by Gasteiger charge is 2.26. The van der Waals surface area contributed by atoms with Crippen molar-refractivity contribution in [1.29, 1.82) is 0 Å². The summed E-state index contributed by atoms with van der Waals surface area (Å²) in [5, 5.41) is 15.2. The predicted molar refractivity (Wildman–Crippen MR) is 243 cm³/mol. The second kappa shape index (κ2) is 13.0. The zero-order chi connectivity index (χ0) is 37.5. The largest absolute Gasteiger partial charge is 0.350 e. The minimum Gasteiger partial charge on any atom is -0.350 e. The van der Waals surface area contributed by atoms with E-state index in [1.807, 2.05) is 28.7 Å². The average Bonchev–Trinajstić information content (AvgIpc) is 3.95. The molecule has 6 heteroatoms. The molecule has 2 atom stereocenters. The lowest BCUT2D eigenvalue weighted by Crippen LogP contribution is -2.44. The van der Waals surface area contributed by atoms with Gasteiger partial charge in [-0.15, -0.1) is 22.7 Å². The summed E-state index contributed by atoms with van der Waals surface area (Å²) in [6.07, 6.45) is -0.261. The summed E-state index contributed by atoms with van der Waals surface area (Å²) in [5.41, 5.74) is 9.59. The number of thiophene rings is 2. The van der Waals surface area contributed by atoms with E-state index in [1.54, 1.807) is 0 Å². The number of fused-ring (bicyclic) bond motifs is 9. The molecule has 0 bridgehead atoms. The lowest BCUT2D eigenvalue weighted by molar-refractivity contribution is 0.409. The van der Waals surface area contributed by atoms with Crippen LogP contribution in [0, 0.1) is 0 Å². The van der Waals surface area contributed by atoms with E-state index >= 15 is 0 Å². The van der Waals surface area contributed by atoms with Gasteiger partial charge in [-0.2, -0.15) is 0 Å². The van der Waals surface area contributed by atoms with Gasteiger partial charge >= 0.3 is 0 Å². The number of aliphatic imine (C=N–C) groups is 1. The van der Waals surface area contributed by atoms with Crippen LogP contribution < -0.4 is 10.6 Å². The van der Waals surface area contributed by atoms with Gasteiger partial charge in [-0.25, -0.2) is 4.99 Å². The quantitative estimate of drug-likeness (QED) is 0.183. The highest BCUT2D eigenvalue weighted by molar-refractivity contribution is 7.26. The first-order valence-corrected chi connectivity index (χ1v) is 21.0. The number of hydrogen-bond donors (Lipinski definition) is 2. The predicted octanol–water partition coefficient (Wildman–Crippen LogP) is 13.5. The van der Waals surface area contributed by atoms with E-state index < -0.39 is 0 Å². The van der Waals surface area contributed by atoms with Crippen LogP contribution in [-0.4, -0.2) is 10.4 Å². The number of nitrogens with zero attached hydrogens (tertiary/aromatic N) is 2. The van der Waals surface area contributed by atoms with Gasteiger partial charge in [-0.05, 0) is 64.7 Å². The van der Waals surface area contributed by atoms with Crippen LogP contribution in [0.2, 0.25) is 0 Å². The van der Waals surface area contributed by atoms with Crippen LogP contribution in [0.3, 0.4) is 0 Å². The summed E-state index contributed by atoms with van der Waals surface area (Å²) in [4.78, 5) is 5.20. The van der Waals surface area contributed by atoms with Crippen LogP contribution in [-0.2, 0) is 0 Å². The molecule has 57 heavy (non-hydrogen) atoms. The molecule has 0 fully saturated rings. The molecule has 2 unspecified atom stereocenters. The Hall–Kier alpha value is -6.57. The van der Waals surface area contributed by atoms with Gasteiger partial charge in [0.2, 0.25) is 0 Å². The smallest absolute Gasteiger partial charge is 0.131 e. The van der Waals surface area contributed by atoms with Crippen molar-refractivity contribution < 1.29 is 0 Å². The van der Waals surface area contributed by atoms with Crippen molar-refractivity contribution in [1.82, 2.24) is 15.2 Å². The molecule has 8 aromatic carbocycles. The van der Waals surface area contributed by atoms with Crippen LogP contribution in [0.25, 0.3) is 79.0 Å². The molecule has 270 valence electrons. The molecule has 2 N–H and O–H groups in total. The fourth-order valence-electron chi connectivity index (χ4n) is 8.75. The zero-order valence-electron chi connectivity index (χ0n) is 30.7. The van der Waals surface area contributed by atoms with E-state index in [-0.39, 0.29) is 12.3 Å². The summed E-state index contributed by atoms with van der Waals surface area (Å²) in [7, 11) is 0. The number of aromatic nitrogens is 1. The van der Waals surface area contributed by atoms with Crippen molar-refractivity contribution in [3.05, 3.63) is 199 Å². The van der Waals surface area contributed by atoms with E-state index in [9.17, 15) is 0 Å². The van der Waals surface area contributed by atoms with Gasteiger partial charge in [0.05, 0.1) is 21.4 Å². The van der Waals surface area contributed by atoms with Crippen molar-refractivity contribution in [2.75, 3.05) is 0 Å². The van der Waals surface area contributed by atoms with Crippen molar-refractivity contribution >= 4 is 90.7 Å². The first-order valence-electron chi connectivity index (χ1n) is 19.3. The molecule has 0 radical (unpaired) electrons. The first-order chi connectivity index (χ1) is 28.2. The van der Waals surface area contributed by atoms with Crippen LogP contribution >= 0.6 is 22.7 Å². The molecule has 0 amide bonds. The molecule has 1 aliphatic rings.